The molecule has 0 aromatic carbocycles. The Morgan fingerprint density at radius 2 is 1.31 bits per heavy atom. The predicted octanol–water partition coefficient (Wildman–Crippen LogP) is -2.71. The lowest BCUT2D eigenvalue weighted by atomic mass is 10.4. The van der Waals surface area contributed by atoms with Crippen molar-refractivity contribution in [2.24, 2.45) is 0 Å². The number of carbonyl (C=O) groups is 1. The van der Waals surface area contributed by atoms with Gasteiger partial charge in [0, 0.05) is 0 Å². The Kier molecular flexibility index (Phi) is 12.7. The van der Waals surface area contributed by atoms with Gasteiger partial charge >= 0.3 is 0 Å². The summed E-state index contributed by atoms with van der Waals surface area (Å²) in [7, 11) is -5.39. The number of hydrogen-bond donors (Lipinski definition) is 0. The van der Waals surface area contributed by atoms with Crippen LogP contribution in [0.2, 0.25) is 0 Å². The van der Waals surface area contributed by atoms with Crippen molar-refractivity contribution >= 4 is 13.8 Å². The Morgan fingerprint density at radius 1 is 1.23 bits per heavy atom. The lowest BCUT2D eigenvalue weighted by Crippen LogP contribution is -2.24. The van der Waals surface area contributed by atoms with Gasteiger partial charge in [-0.05, 0) is 12.5 Å². The minimum Gasteiger partial charge on any atom is -0.822 e. The van der Waals surface area contributed by atoms with Gasteiger partial charge in [0.1, 0.15) is 0 Å². The highest BCUT2D eigenvalue weighted by molar-refractivity contribution is 7.40. The molecule has 78 valence electrons. The monoisotopic (exact) mass is 208 g/mol. The van der Waals surface area contributed by atoms with Gasteiger partial charge < -0.3 is 29.1 Å². The molecule has 0 N–H and O–H groups in total. The van der Waals surface area contributed by atoms with Gasteiger partial charge in [-0.2, -0.15) is 7.82 Å². The average molecular weight is 208 g/mol. The second kappa shape index (κ2) is 9.15. The third-order valence-corrected chi connectivity index (χ3v) is 0.348. The molecule has 0 atom stereocenters. The molecule has 0 aromatic heterocycles. The van der Waals surface area contributed by atoms with Crippen molar-refractivity contribution in [2.75, 3.05) is 0 Å². The van der Waals surface area contributed by atoms with Crippen LogP contribution >= 0.6 is 7.82 Å². The molecule has 0 saturated carbocycles. The van der Waals surface area contributed by atoms with E-state index in [-0.39, 0.29) is 5.57 Å². The quantitative estimate of drug-likeness (QED) is 0.262. The van der Waals surface area contributed by atoms with E-state index in [0.29, 0.717) is 0 Å². The molecule has 0 rings (SSSR count). The van der Waals surface area contributed by atoms with E-state index < -0.39 is 13.8 Å². The number of aliphatic carboxylic acids is 1. The van der Waals surface area contributed by atoms with Gasteiger partial charge in [-0.15, -0.1) is 13.2 Å². The van der Waals surface area contributed by atoms with Gasteiger partial charge in [0.25, 0.3) is 0 Å². The maximum Gasteiger partial charge on any atom is 0.0666 e. The fourth-order valence-electron chi connectivity index (χ4n) is 0. The van der Waals surface area contributed by atoms with Crippen LogP contribution in [0.3, 0.4) is 0 Å². The van der Waals surface area contributed by atoms with Crippen LogP contribution in [-0.2, 0) is 9.36 Å². The van der Waals surface area contributed by atoms with E-state index in [1.54, 1.807) is 0 Å². The topological polar surface area (TPSA) is 126 Å². The lowest BCUT2D eigenvalue weighted by molar-refractivity contribution is -0.432. The van der Waals surface area contributed by atoms with Crippen LogP contribution in [0.5, 0.6) is 0 Å². The van der Waals surface area contributed by atoms with E-state index in [9.17, 15) is 9.90 Å². The molecule has 0 bridgehead atoms. The normalized spacial score (nSPS) is 8.31. The molecule has 13 heavy (non-hydrogen) atoms. The zero-order valence-electron chi connectivity index (χ0n) is 7.02. The summed E-state index contributed by atoms with van der Waals surface area (Å²) in [5.41, 5.74) is 0.0648. The molecule has 7 heteroatoms. The highest BCUT2D eigenvalue weighted by atomic mass is 31.2. The molecule has 0 unspecified atom stereocenters. The number of hydrogen-bond acceptors (Lipinski definition) is 6. The van der Waals surface area contributed by atoms with Gasteiger partial charge in [0.05, 0.1) is 5.97 Å². The number of carboxylic acids is 1. The van der Waals surface area contributed by atoms with E-state index in [1.165, 1.54) is 6.92 Å². The highest BCUT2D eigenvalue weighted by Gasteiger charge is 1.76. The summed E-state index contributed by atoms with van der Waals surface area (Å²) in [6, 6.07) is 0. The van der Waals surface area contributed by atoms with Gasteiger partial charge in [0.15, 0.2) is 0 Å². The largest absolute Gasteiger partial charge is 0.822 e. The van der Waals surface area contributed by atoms with Crippen molar-refractivity contribution in [1.82, 2.24) is 0 Å². The molecule has 0 aromatic rings. The Balaban J connectivity index is -0.000000131. The summed E-state index contributed by atoms with van der Waals surface area (Å²) in [6.45, 7) is 10.5. The van der Waals surface area contributed by atoms with Crippen molar-refractivity contribution in [3.63, 3.8) is 0 Å². The van der Waals surface area contributed by atoms with Crippen LogP contribution in [0.1, 0.15) is 6.92 Å². The zero-order chi connectivity index (χ0) is 11.7. The van der Waals surface area contributed by atoms with Gasteiger partial charge in [-0.25, -0.2) is 0 Å². The Morgan fingerprint density at radius 3 is 1.31 bits per heavy atom. The maximum absolute atomic E-state index is 9.49. The first-order valence-corrected chi connectivity index (χ1v) is 4.20. The number of carbonyl (C=O) groups excluding carboxylic acids is 1. The van der Waals surface area contributed by atoms with E-state index in [4.69, 9.17) is 19.2 Å². The Hall–Kier alpha value is -0.940. The van der Waals surface area contributed by atoms with Crippen LogP contribution in [-0.4, -0.2) is 5.97 Å². The van der Waals surface area contributed by atoms with E-state index in [2.05, 4.69) is 19.7 Å². The molecule has 0 aliphatic rings. The maximum atomic E-state index is 9.49. The minimum absolute atomic E-state index is 0.0648. The van der Waals surface area contributed by atoms with Gasteiger partial charge in [-0.3, -0.25) is 0 Å². The first kappa shape index (κ1) is 18.0. The van der Waals surface area contributed by atoms with Gasteiger partial charge in [0.2, 0.25) is 0 Å². The van der Waals surface area contributed by atoms with Crippen molar-refractivity contribution < 1.29 is 29.1 Å². The summed E-state index contributed by atoms with van der Waals surface area (Å²) >= 11 is 0. The van der Waals surface area contributed by atoms with E-state index in [1.807, 2.05) is 0 Å². The molecule has 0 spiro atoms. The molecule has 0 aliphatic carbocycles. The second-order valence-electron chi connectivity index (χ2n) is 1.52. The number of rotatable bonds is 1. The molecule has 0 heterocycles. The molecule has 0 fully saturated rings. The first-order valence-electron chi connectivity index (χ1n) is 2.74. The lowest BCUT2D eigenvalue weighted by Gasteiger charge is -2.36. The van der Waals surface area contributed by atoms with E-state index in [0.717, 1.165) is 0 Å². The number of phosphoric acid groups is 1. The molecule has 0 radical (unpaired) electrons. The molecular formula is C6H9O6P-4. The third kappa shape index (κ3) is 97.0. The summed E-state index contributed by atoms with van der Waals surface area (Å²) in [4.78, 5) is 35.1. The predicted molar refractivity (Wildman–Crippen MR) is 38.7 cm³/mol. The van der Waals surface area contributed by atoms with Crippen molar-refractivity contribution in [3.05, 3.63) is 25.3 Å². The van der Waals surface area contributed by atoms with Crippen molar-refractivity contribution in [1.29, 1.82) is 0 Å². The van der Waals surface area contributed by atoms with Crippen LogP contribution < -0.4 is 19.8 Å². The summed E-state index contributed by atoms with van der Waals surface area (Å²) in [5.74, 6) is -1.19. The second-order valence-corrected chi connectivity index (χ2v) is 2.41. The molecule has 6 nitrogen and oxygen atoms in total. The zero-order valence-corrected chi connectivity index (χ0v) is 7.91. The standard InChI is InChI=1S/C4H6O2.C2H4.H3O4P/c1-3(2)4(5)6;1-2;1-5(2,3)4/h1H2,2H3,(H,5,6);1-2H2;(H3,1,2,3,4)/p-4. The summed E-state index contributed by atoms with van der Waals surface area (Å²) in [5, 5.41) is 9.49. The SMILES string of the molecule is C=C.C=C(C)C(=O)[O-].O=P([O-])([O-])[O-]. The van der Waals surface area contributed by atoms with E-state index >= 15 is 0 Å². The number of carboxylic acid groups (broad SMARTS) is 1. The Labute approximate surface area is 76.1 Å². The van der Waals surface area contributed by atoms with Crippen LogP contribution in [0.4, 0.5) is 0 Å². The fraction of sp³-hybridized carbons (Fsp3) is 0.167. The van der Waals surface area contributed by atoms with Crippen molar-refractivity contribution in [2.45, 2.75) is 6.92 Å². The van der Waals surface area contributed by atoms with Gasteiger partial charge in [-0.1, -0.05) is 6.58 Å². The Bertz CT molecular complexity index is 185. The molecule has 0 aliphatic heterocycles. The summed E-state index contributed by atoms with van der Waals surface area (Å²) in [6.07, 6.45) is 0. The van der Waals surface area contributed by atoms with Crippen LogP contribution in [0, 0.1) is 0 Å². The summed E-state index contributed by atoms with van der Waals surface area (Å²) < 4.78 is 8.55. The first-order chi connectivity index (χ1) is 5.64. The van der Waals surface area contributed by atoms with Crippen molar-refractivity contribution in [3.8, 4) is 0 Å². The van der Waals surface area contributed by atoms with Crippen LogP contribution in [0.15, 0.2) is 25.3 Å². The molecular weight excluding hydrogens is 199 g/mol. The third-order valence-electron chi connectivity index (χ3n) is 0.348. The minimum atomic E-state index is -5.39. The molecule has 0 amide bonds. The smallest absolute Gasteiger partial charge is 0.0666 e. The van der Waals surface area contributed by atoms with Crippen LogP contribution in [0.25, 0.3) is 0 Å². The average Bonchev–Trinajstić information content (AvgIpc) is 1.88. The molecule has 0 saturated heterocycles. The fourth-order valence-corrected chi connectivity index (χ4v) is 0. The highest BCUT2D eigenvalue weighted by Crippen LogP contribution is 2.03.